The Morgan fingerprint density at radius 1 is 1.08 bits per heavy atom. The van der Waals surface area contributed by atoms with Crippen molar-refractivity contribution < 1.29 is 28.7 Å². The number of carbonyl (C=O) groups is 2. The zero-order valence-corrected chi connectivity index (χ0v) is 20.1. The summed E-state index contributed by atoms with van der Waals surface area (Å²) < 4.78 is 16.6. The van der Waals surface area contributed by atoms with Crippen LogP contribution in [-0.4, -0.2) is 27.8 Å². The maximum atomic E-state index is 13.1. The van der Waals surface area contributed by atoms with Crippen LogP contribution >= 0.6 is 23.4 Å². The number of thioether (sulfide) groups is 1. The summed E-state index contributed by atoms with van der Waals surface area (Å²) >= 11 is 7.16. The standard InChI is InChI=1S/C25H17ClN2O7S/c26-19-11-22-21(34-14-35-22)9-17(19)12-27-24(29)23(36-25(27)30)10-16-3-1-2-4-20(16)33-13-15-5-7-18(8-6-15)28(31)32/h1-11H,12-14H2/b23-10-. The zero-order chi connectivity index (χ0) is 25.2. The van der Waals surface area contributed by atoms with Crippen molar-refractivity contribution in [2.24, 2.45) is 0 Å². The molecule has 0 saturated carbocycles. The molecule has 2 amide bonds. The van der Waals surface area contributed by atoms with Crippen LogP contribution in [0.1, 0.15) is 16.7 Å². The van der Waals surface area contributed by atoms with Gasteiger partial charge in [0.25, 0.3) is 16.8 Å². The van der Waals surface area contributed by atoms with Gasteiger partial charge in [0, 0.05) is 28.8 Å². The highest BCUT2D eigenvalue weighted by atomic mass is 35.5. The Morgan fingerprint density at radius 2 is 1.81 bits per heavy atom. The number of benzene rings is 3. The lowest BCUT2D eigenvalue weighted by molar-refractivity contribution is -0.384. The van der Waals surface area contributed by atoms with Crippen molar-refractivity contribution in [3.05, 3.63) is 97.4 Å². The minimum absolute atomic E-state index is 0.00286. The number of nitrogens with zero attached hydrogens (tertiary/aromatic N) is 2. The number of para-hydroxylation sites is 1. The van der Waals surface area contributed by atoms with Gasteiger partial charge < -0.3 is 14.2 Å². The van der Waals surface area contributed by atoms with Gasteiger partial charge in [-0.3, -0.25) is 24.6 Å². The Morgan fingerprint density at radius 3 is 2.56 bits per heavy atom. The minimum atomic E-state index is -0.465. The fraction of sp³-hybridized carbons (Fsp3) is 0.120. The topological polar surface area (TPSA) is 108 Å². The lowest BCUT2D eigenvalue weighted by Crippen LogP contribution is -2.27. The molecular formula is C25H17ClN2O7S. The molecule has 3 aromatic carbocycles. The third-order valence-electron chi connectivity index (χ3n) is 5.49. The van der Waals surface area contributed by atoms with Gasteiger partial charge in [-0.15, -0.1) is 0 Å². The minimum Gasteiger partial charge on any atom is -0.488 e. The average Bonchev–Trinajstić information content (AvgIpc) is 3.42. The molecule has 0 bridgehead atoms. The molecule has 1 saturated heterocycles. The summed E-state index contributed by atoms with van der Waals surface area (Å²) in [5.74, 6) is 1.09. The van der Waals surface area contributed by atoms with E-state index in [2.05, 4.69) is 0 Å². The SMILES string of the molecule is O=C1S/C(=C\c2ccccc2OCc2ccc([N+](=O)[O-])cc2)C(=O)N1Cc1cc2c(cc1Cl)OCO2. The van der Waals surface area contributed by atoms with Crippen molar-refractivity contribution in [3.8, 4) is 17.2 Å². The number of nitro benzene ring substituents is 1. The lowest BCUT2D eigenvalue weighted by atomic mass is 10.1. The van der Waals surface area contributed by atoms with Crippen LogP contribution < -0.4 is 14.2 Å². The Hall–Kier alpha value is -4.02. The number of fused-ring (bicyclic) bond motifs is 1. The largest absolute Gasteiger partial charge is 0.488 e. The summed E-state index contributed by atoms with van der Waals surface area (Å²) in [4.78, 5) is 37.5. The van der Waals surface area contributed by atoms with E-state index in [0.717, 1.165) is 22.2 Å². The van der Waals surface area contributed by atoms with Crippen molar-refractivity contribution in [1.29, 1.82) is 0 Å². The highest BCUT2D eigenvalue weighted by Gasteiger charge is 2.36. The molecule has 2 aliphatic heterocycles. The summed E-state index contributed by atoms with van der Waals surface area (Å²) in [7, 11) is 0. The number of hydrogen-bond acceptors (Lipinski definition) is 8. The van der Waals surface area contributed by atoms with Gasteiger partial charge in [-0.25, -0.2) is 0 Å². The normalized spacial score (nSPS) is 15.6. The molecule has 5 rings (SSSR count). The van der Waals surface area contributed by atoms with Gasteiger partial charge in [-0.2, -0.15) is 0 Å². The summed E-state index contributed by atoms with van der Waals surface area (Å²) in [6, 6.07) is 16.4. The first-order valence-corrected chi connectivity index (χ1v) is 11.9. The van der Waals surface area contributed by atoms with Crippen LogP contribution in [0.3, 0.4) is 0 Å². The molecule has 2 aliphatic rings. The first-order chi connectivity index (χ1) is 17.4. The van der Waals surface area contributed by atoms with Gasteiger partial charge in [0.1, 0.15) is 12.4 Å². The maximum Gasteiger partial charge on any atom is 0.293 e. The first kappa shape index (κ1) is 23.7. The number of nitro groups is 1. The van der Waals surface area contributed by atoms with Gasteiger partial charge in [-0.1, -0.05) is 29.8 Å². The van der Waals surface area contributed by atoms with Crippen LogP contribution in [0.4, 0.5) is 10.5 Å². The number of hydrogen-bond donors (Lipinski definition) is 0. The van der Waals surface area contributed by atoms with Crippen LogP contribution in [0, 0.1) is 10.1 Å². The summed E-state index contributed by atoms with van der Waals surface area (Å²) in [5.41, 5.74) is 1.93. The van der Waals surface area contributed by atoms with E-state index < -0.39 is 16.1 Å². The number of imide groups is 1. The van der Waals surface area contributed by atoms with Crippen LogP contribution in [0.5, 0.6) is 17.2 Å². The van der Waals surface area contributed by atoms with Crippen molar-refractivity contribution in [2.75, 3.05) is 6.79 Å². The van der Waals surface area contributed by atoms with Crippen LogP contribution in [-0.2, 0) is 17.9 Å². The molecule has 0 aliphatic carbocycles. The molecule has 0 N–H and O–H groups in total. The number of rotatable bonds is 7. The second-order valence-corrected chi connectivity index (χ2v) is 9.22. The Kier molecular flexibility index (Phi) is 6.53. The molecule has 11 heteroatoms. The van der Waals surface area contributed by atoms with E-state index in [4.69, 9.17) is 25.8 Å². The van der Waals surface area contributed by atoms with Crippen molar-refractivity contribution in [2.45, 2.75) is 13.2 Å². The van der Waals surface area contributed by atoms with Crippen LogP contribution in [0.2, 0.25) is 5.02 Å². The van der Waals surface area contributed by atoms with Crippen LogP contribution in [0.15, 0.2) is 65.6 Å². The van der Waals surface area contributed by atoms with E-state index in [1.807, 2.05) is 0 Å². The van der Waals surface area contributed by atoms with Crippen molar-refractivity contribution in [3.63, 3.8) is 0 Å². The summed E-state index contributed by atoms with van der Waals surface area (Å²) in [6.45, 7) is 0.258. The molecule has 36 heavy (non-hydrogen) atoms. The Balaban J connectivity index is 1.32. The molecule has 0 radical (unpaired) electrons. The molecule has 0 unspecified atom stereocenters. The Bertz CT molecular complexity index is 1410. The lowest BCUT2D eigenvalue weighted by Gasteiger charge is -2.14. The molecule has 9 nitrogen and oxygen atoms in total. The molecule has 182 valence electrons. The van der Waals surface area contributed by atoms with E-state index in [0.29, 0.717) is 33.4 Å². The monoisotopic (exact) mass is 524 g/mol. The molecule has 0 atom stereocenters. The third-order valence-corrected chi connectivity index (χ3v) is 6.75. The number of halogens is 1. The van der Waals surface area contributed by atoms with Gasteiger partial charge in [0.2, 0.25) is 6.79 Å². The quantitative estimate of drug-likeness (QED) is 0.217. The average molecular weight is 525 g/mol. The highest BCUT2D eigenvalue weighted by Crippen LogP contribution is 2.40. The van der Waals surface area contributed by atoms with Gasteiger partial charge >= 0.3 is 0 Å². The molecular weight excluding hydrogens is 508 g/mol. The second-order valence-electron chi connectivity index (χ2n) is 7.81. The van der Waals surface area contributed by atoms with Gasteiger partial charge in [0.05, 0.1) is 16.4 Å². The summed E-state index contributed by atoms with van der Waals surface area (Å²) in [6.07, 6.45) is 1.61. The molecule has 0 aromatic heterocycles. The van der Waals surface area contributed by atoms with Crippen LogP contribution in [0.25, 0.3) is 6.08 Å². The van der Waals surface area contributed by atoms with Gasteiger partial charge in [-0.05, 0) is 53.2 Å². The highest BCUT2D eigenvalue weighted by molar-refractivity contribution is 8.18. The number of amides is 2. The number of non-ortho nitro benzene ring substituents is 1. The fourth-order valence-electron chi connectivity index (χ4n) is 3.63. The molecule has 2 heterocycles. The van der Waals surface area contributed by atoms with E-state index >= 15 is 0 Å². The predicted molar refractivity (Wildman–Crippen MR) is 133 cm³/mol. The second kappa shape index (κ2) is 9.92. The van der Waals surface area contributed by atoms with Crippen molar-refractivity contribution in [1.82, 2.24) is 4.90 Å². The van der Waals surface area contributed by atoms with Crippen molar-refractivity contribution >= 4 is 46.3 Å². The summed E-state index contributed by atoms with van der Waals surface area (Å²) in [5, 5.41) is 10.8. The third kappa shape index (κ3) is 4.86. The van der Waals surface area contributed by atoms with Gasteiger partial charge in [0.15, 0.2) is 11.5 Å². The number of carbonyl (C=O) groups excluding carboxylic acids is 2. The van der Waals surface area contributed by atoms with E-state index in [-0.39, 0.29) is 30.5 Å². The van der Waals surface area contributed by atoms with E-state index in [9.17, 15) is 19.7 Å². The fourth-order valence-corrected chi connectivity index (χ4v) is 4.68. The molecule has 0 spiro atoms. The van der Waals surface area contributed by atoms with E-state index in [1.165, 1.54) is 12.1 Å². The number of ether oxygens (including phenoxy) is 3. The molecule has 3 aromatic rings. The first-order valence-electron chi connectivity index (χ1n) is 10.7. The smallest absolute Gasteiger partial charge is 0.293 e. The van der Waals surface area contributed by atoms with E-state index in [1.54, 1.807) is 54.6 Å². The zero-order valence-electron chi connectivity index (χ0n) is 18.5. The molecule has 1 fully saturated rings. The predicted octanol–water partition coefficient (Wildman–Crippen LogP) is 5.79. The Labute approximate surface area is 214 Å². The maximum absolute atomic E-state index is 13.1.